The first kappa shape index (κ1) is 24.2. The van der Waals surface area contributed by atoms with Crippen LogP contribution in [-0.4, -0.2) is 50.0 Å². The Morgan fingerprint density at radius 3 is 2.64 bits per heavy atom. The van der Waals surface area contributed by atoms with Crippen molar-refractivity contribution in [2.45, 2.75) is 50.5 Å². The number of rotatable bonds is 6. The van der Waals surface area contributed by atoms with Crippen LogP contribution >= 0.6 is 0 Å². The second kappa shape index (κ2) is 8.86. The van der Waals surface area contributed by atoms with Crippen LogP contribution in [0, 0.1) is 6.92 Å². The molecule has 0 saturated heterocycles. The number of nitrogens with zero attached hydrogens (tertiary/aromatic N) is 5. The highest BCUT2D eigenvalue weighted by molar-refractivity contribution is 7.89. The molecule has 0 bridgehead atoms. The van der Waals surface area contributed by atoms with Crippen LogP contribution in [0.15, 0.2) is 43.5 Å². The predicted molar refractivity (Wildman–Crippen MR) is 135 cm³/mol. The molecule has 0 saturated carbocycles. The van der Waals surface area contributed by atoms with E-state index in [1.54, 1.807) is 29.2 Å². The van der Waals surface area contributed by atoms with E-state index in [1.807, 2.05) is 0 Å². The molecule has 36 heavy (non-hydrogen) atoms. The Morgan fingerprint density at radius 2 is 1.86 bits per heavy atom. The van der Waals surface area contributed by atoms with Gasteiger partial charge in [0.05, 0.1) is 21.5 Å². The largest absolute Gasteiger partial charge is 0.328 e. The Hall–Kier alpha value is -3.51. The van der Waals surface area contributed by atoms with Gasteiger partial charge < -0.3 is 4.57 Å². The van der Waals surface area contributed by atoms with Gasteiger partial charge in [-0.15, -0.1) is 0 Å². The van der Waals surface area contributed by atoms with Crippen LogP contribution in [0.4, 0.5) is 0 Å². The van der Waals surface area contributed by atoms with Gasteiger partial charge in [-0.25, -0.2) is 17.5 Å². The van der Waals surface area contributed by atoms with Gasteiger partial charge >= 0.3 is 5.69 Å². The van der Waals surface area contributed by atoms with Crippen LogP contribution < -0.4 is 16.8 Å². The summed E-state index contributed by atoms with van der Waals surface area (Å²) >= 11 is 0. The number of hydrogen-bond acceptors (Lipinski definition) is 6. The highest BCUT2D eigenvalue weighted by Gasteiger charge is 2.23. The zero-order chi connectivity index (χ0) is 25.8. The maximum absolute atomic E-state index is 13.3. The Morgan fingerprint density at radius 1 is 1.11 bits per heavy atom. The van der Waals surface area contributed by atoms with Gasteiger partial charge in [-0.3, -0.25) is 19.1 Å². The third kappa shape index (κ3) is 3.90. The SMILES string of the molecule is Cc1cc2n(C)c3cc(S(=O)(=O)N(C)CCCn4c5c(c(=O)[nH]c4=O)CCCC5)ccc3c(=O)n2n1. The summed E-state index contributed by atoms with van der Waals surface area (Å²) in [5.74, 6) is 0. The van der Waals surface area contributed by atoms with E-state index in [9.17, 15) is 22.8 Å². The van der Waals surface area contributed by atoms with Crippen molar-refractivity contribution in [1.29, 1.82) is 0 Å². The Balaban J connectivity index is 1.41. The van der Waals surface area contributed by atoms with Crippen molar-refractivity contribution >= 4 is 26.6 Å². The van der Waals surface area contributed by atoms with Crippen molar-refractivity contribution in [3.8, 4) is 0 Å². The third-order valence-electron chi connectivity index (χ3n) is 6.98. The summed E-state index contributed by atoms with van der Waals surface area (Å²) in [5.41, 5.74) is 2.09. The molecule has 1 aliphatic rings. The molecule has 0 spiro atoms. The lowest BCUT2D eigenvalue weighted by Gasteiger charge is -2.21. The fraction of sp³-hybridized carbons (Fsp3) is 0.417. The van der Waals surface area contributed by atoms with Crippen molar-refractivity contribution < 1.29 is 8.42 Å². The van der Waals surface area contributed by atoms with E-state index in [2.05, 4.69) is 10.1 Å². The second-order valence-electron chi connectivity index (χ2n) is 9.32. The van der Waals surface area contributed by atoms with E-state index in [0.29, 0.717) is 53.6 Å². The number of aryl methyl sites for hydroxylation is 2. The molecule has 4 aromatic rings. The summed E-state index contributed by atoms with van der Waals surface area (Å²) < 4.78 is 32.5. The molecular weight excluding hydrogens is 484 g/mol. The minimum Gasteiger partial charge on any atom is -0.328 e. The molecule has 0 unspecified atom stereocenters. The van der Waals surface area contributed by atoms with E-state index >= 15 is 0 Å². The number of H-pyrrole nitrogens is 1. The zero-order valence-electron chi connectivity index (χ0n) is 20.4. The summed E-state index contributed by atoms with van der Waals surface area (Å²) in [6.45, 7) is 2.28. The van der Waals surface area contributed by atoms with Crippen molar-refractivity contribution in [2.24, 2.45) is 7.05 Å². The average Bonchev–Trinajstić information content (AvgIpc) is 3.26. The molecule has 1 N–H and O–H groups in total. The van der Waals surface area contributed by atoms with Crippen molar-refractivity contribution in [2.75, 3.05) is 13.6 Å². The molecule has 0 atom stereocenters. The molecule has 5 rings (SSSR count). The monoisotopic (exact) mass is 512 g/mol. The highest BCUT2D eigenvalue weighted by Crippen LogP contribution is 2.22. The number of hydrogen-bond donors (Lipinski definition) is 1. The van der Waals surface area contributed by atoms with E-state index in [-0.39, 0.29) is 22.6 Å². The first-order valence-corrected chi connectivity index (χ1v) is 13.3. The smallest absolute Gasteiger partial charge is 0.328 e. The zero-order valence-corrected chi connectivity index (χ0v) is 21.3. The molecule has 12 heteroatoms. The standard InChI is InChI=1S/C24H28N6O5S/c1-15-13-21-28(3)20-14-16(9-10-18(20)23(32)30(21)26-15)36(34,35)27(2)11-6-12-29-19-8-5-4-7-17(19)22(31)25-24(29)33/h9-10,13-14H,4-8,11-12H2,1-3H3,(H,25,31,33). The summed E-state index contributed by atoms with van der Waals surface area (Å²) in [6.07, 6.45) is 3.55. The van der Waals surface area contributed by atoms with E-state index < -0.39 is 15.7 Å². The fourth-order valence-electron chi connectivity index (χ4n) is 5.02. The van der Waals surface area contributed by atoms with Gasteiger partial charge in [-0.05, 0) is 57.2 Å². The van der Waals surface area contributed by atoms with Crippen LogP contribution in [-0.2, 0) is 36.5 Å². The maximum atomic E-state index is 13.3. The maximum Gasteiger partial charge on any atom is 0.328 e. The topological polar surface area (TPSA) is 132 Å². The molecule has 0 aliphatic heterocycles. The van der Waals surface area contributed by atoms with Crippen LogP contribution in [0.3, 0.4) is 0 Å². The van der Waals surface area contributed by atoms with Crippen molar-refractivity contribution in [1.82, 2.24) is 28.0 Å². The van der Waals surface area contributed by atoms with Crippen LogP contribution in [0.2, 0.25) is 0 Å². The average molecular weight is 513 g/mol. The first-order chi connectivity index (χ1) is 17.1. The van der Waals surface area contributed by atoms with Gasteiger partial charge in [0.15, 0.2) is 0 Å². The number of aromatic nitrogens is 5. The Labute approximate surface area is 206 Å². The van der Waals surface area contributed by atoms with Gasteiger partial charge in [-0.1, -0.05) is 0 Å². The summed E-state index contributed by atoms with van der Waals surface area (Å²) in [7, 11) is -0.588. The quantitative estimate of drug-likeness (QED) is 0.409. The molecule has 0 fully saturated rings. The van der Waals surface area contributed by atoms with Crippen LogP contribution in [0.1, 0.15) is 36.2 Å². The predicted octanol–water partition coefficient (Wildman–Crippen LogP) is 0.934. The molecular formula is C24H28N6O5S. The Bertz CT molecular complexity index is 1790. The van der Waals surface area contributed by atoms with Crippen LogP contribution in [0.5, 0.6) is 0 Å². The molecule has 11 nitrogen and oxygen atoms in total. The number of sulfonamides is 1. The lowest BCUT2D eigenvalue weighted by molar-refractivity contribution is 0.436. The molecule has 1 aliphatic carbocycles. The second-order valence-corrected chi connectivity index (χ2v) is 11.4. The van der Waals surface area contributed by atoms with Gasteiger partial charge in [0.25, 0.3) is 11.1 Å². The van der Waals surface area contributed by atoms with Gasteiger partial charge in [-0.2, -0.15) is 9.61 Å². The van der Waals surface area contributed by atoms with Gasteiger partial charge in [0.2, 0.25) is 10.0 Å². The number of aromatic amines is 1. The molecule has 3 aromatic heterocycles. The van der Waals surface area contributed by atoms with Crippen molar-refractivity contribution in [3.63, 3.8) is 0 Å². The molecule has 190 valence electrons. The van der Waals surface area contributed by atoms with E-state index in [0.717, 1.165) is 18.5 Å². The highest BCUT2D eigenvalue weighted by atomic mass is 32.2. The number of nitrogens with one attached hydrogen (secondary N) is 1. The summed E-state index contributed by atoms with van der Waals surface area (Å²) in [4.78, 5) is 39.9. The minimum atomic E-state index is -3.85. The van der Waals surface area contributed by atoms with E-state index in [4.69, 9.17) is 0 Å². The number of fused-ring (bicyclic) bond motifs is 3. The molecule has 3 heterocycles. The molecule has 0 amide bonds. The van der Waals surface area contributed by atoms with Crippen molar-refractivity contribution in [3.05, 3.63) is 72.4 Å². The fourth-order valence-corrected chi connectivity index (χ4v) is 6.25. The Kier molecular flexibility index (Phi) is 5.95. The van der Waals surface area contributed by atoms with Gasteiger partial charge in [0.1, 0.15) is 5.65 Å². The normalized spacial score (nSPS) is 14.1. The molecule has 0 radical (unpaired) electrons. The van der Waals surface area contributed by atoms with Crippen LogP contribution in [0.25, 0.3) is 16.6 Å². The van der Waals surface area contributed by atoms with E-state index in [1.165, 1.54) is 34.1 Å². The van der Waals surface area contributed by atoms with Gasteiger partial charge in [0, 0.05) is 44.5 Å². The summed E-state index contributed by atoms with van der Waals surface area (Å²) in [5, 5.41) is 4.60. The third-order valence-corrected chi connectivity index (χ3v) is 8.83. The summed E-state index contributed by atoms with van der Waals surface area (Å²) in [6, 6.07) is 6.22. The first-order valence-electron chi connectivity index (χ1n) is 11.9. The molecule has 1 aromatic carbocycles. The minimum absolute atomic E-state index is 0.0756. The number of benzene rings is 1. The lowest BCUT2D eigenvalue weighted by atomic mass is 9.97. The lowest BCUT2D eigenvalue weighted by Crippen LogP contribution is -2.37.